The third kappa shape index (κ3) is 3.53. The van der Waals surface area contributed by atoms with Crippen molar-refractivity contribution in [1.82, 2.24) is 29.6 Å². The number of benzene rings is 1. The molecule has 2 aromatic heterocycles. The first-order chi connectivity index (χ1) is 16.1. The molecule has 0 unspecified atom stereocenters. The molecule has 9 nitrogen and oxygen atoms in total. The van der Waals surface area contributed by atoms with E-state index in [0.717, 1.165) is 12.8 Å². The van der Waals surface area contributed by atoms with Crippen molar-refractivity contribution in [3.05, 3.63) is 47.1 Å². The summed E-state index contributed by atoms with van der Waals surface area (Å²) < 4.78 is 22.6. The predicted octanol–water partition coefficient (Wildman–Crippen LogP) is 2.74. The van der Waals surface area contributed by atoms with E-state index in [0.29, 0.717) is 23.2 Å². The van der Waals surface area contributed by atoms with Gasteiger partial charge in [0.05, 0.1) is 11.2 Å². The van der Waals surface area contributed by atoms with E-state index >= 15 is 4.39 Å². The smallest absolute Gasteiger partial charge is 0.350 e. The Labute approximate surface area is 196 Å². The van der Waals surface area contributed by atoms with Gasteiger partial charge in [-0.15, -0.1) is 10.2 Å². The summed E-state index contributed by atoms with van der Waals surface area (Å²) in [5.41, 5.74) is 0.291. The number of aryl methyl sites for hydroxylation is 1. The Hall–Kier alpha value is -3.40. The lowest BCUT2D eigenvalue weighted by Crippen LogP contribution is -2.64. The highest BCUT2D eigenvalue weighted by atomic mass is 19.1. The van der Waals surface area contributed by atoms with Gasteiger partial charge in [0.25, 0.3) is 0 Å². The number of phenols is 1. The molecule has 1 aromatic carbocycles. The van der Waals surface area contributed by atoms with Crippen LogP contribution in [0.15, 0.2) is 41.5 Å². The summed E-state index contributed by atoms with van der Waals surface area (Å²) in [5, 5.41) is 18.9. The molecule has 3 aromatic rings. The molecule has 0 saturated carbocycles. The van der Waals surface area contributed by atoms with Crippen molar-refractivity contribution in [3.8, 4) is 34.3 Å². The number of phenolic OH excluding ortho intramolecular Hbond substituents is 1. The van der Waals surface area contributed by atoms with Gasteiger partial charge in [0.1, 0.15) is 18.2 Å². The van der Waals surface area contributed by atoms with E-state index in [1.165, 1.54) is 17.0 Å². The molecule has 5 rings (SSSR count). The highest BCUT2D eigenvalue weighted by Gasteiger charge is 2.60. The summed E-state index contributed by atoms with van der Waals surface area (Å²) in [6.07, 6.45) is 1.95. The van der Waals surface area contributed by atoms with Crippen LogP contribution in [0.5, 0.6) is 11.6 Å². The lowest BCUT2D eigenvalue weighted by molar-refractivity contribution is -0.0887. The van der Waals surface area contributed by atoms with E-state index in [4.69, 9.17) is 4.74 Å². The van der Waals surface area contributed by atoms with Crippen LogP contribution in [0.25, 0.3) is 22.6 Å². The van der Waals surface area contributed by atoms with Crippen LogP contribution < -0.4 is 10.4 Å². The van der Waals surface area contributed by atoms with Gasteiger partial charge < -0.3 is 9.84 Å². The van der Waals surface area contributed by atoms with Gasteiger partial charge in [-0.3, -0.25) is 9.47 Å². The van der Waals surface area contributed by atoms with Crippen LogP contribution in [0.2, 0.25) is 0 Å². The Morgan fingerprint density at radius 2 is 1.94 bits per heavy atom. The van der Waals surface area contributed by atoms with Crippen LogP contribution in [0.3, 0.4) is 0 Å². The number of aromatic nitrogens is 5. The normalized spacial score (nSPS) is 28.7. The van der Waals surface area contributed by atoms with Gasteiger partial charge in [-0.05, 0) is 51.9 Å². The highest BCUT2D eigenvalue weighted by Crippen LogP contribution is 2.51. The number of rotatable bonds is 4. The Morgan fingerprint density at radius 3 is 2.62 bits per heavy atom. The Morgan fingerprint density at radius 1 is 1.15 bits per heavy atom. The molecular formula is C24H27FN6O3. The Bertz CT molecular complexity index is 1300. The minimum Gasteiger partial charge on any atom is -0.507 e. The number of halogens is 1. The summed E-state index contributed by atoms with van der Waals surface area (Å²) in [4.78, 5) is 21.9. The quantitative estimate of drug-likeness (QED) is 0.626. The molecule has 10 heteroatoms. The van der Waals surface area contributed by atoms with Crippen LogP contribution in [0.4, 0.5) is 4.39 Å². The standard InChI is InChI=1S/C24H27FN6O3/c1-23-9-10-24(2,31(23)4)20(25)18(12-23)34-19-8-7-16(28-29-19)15-6-5-14(11-17(15)32)21-26-13-30(3)22(33)27-21/h5-8,11,13,18,20,32H,9-10,12H2,1-4H3/t18-,20-,23-,24+/m1/s1. The van der Waals surface area contributed by atoms with Crippen molar-refractivity contribution >= 4 is 0 Å². The maximum atomic E-state index is 15.4. The fourth-order valence-electron chi connectivity index (χ4n) is 5.17. The molecule has 0 radical (unpaired) electrons. The number of hydrogen-bond donors (Lipinski definition) is 1. The molecule has 2 aliphatic heterocycles. The van der Waals surface area contributed by atoms with E-state index in [2.05, 4.69) is 32.0 Å². The van der Waals surface area contributed by atoms with E-state index in [1.54, 1.807) is 31.3 Å². The third-order valence-electron chi connectivity index (χ3n) is 7.61. The molecule has 0 aliphatic carbocycles. The third-order valence-corrected chi connectivity index (χ3v) is 7.61. The topological polar surface area (TPSA) is 106 Å². The molecule has 0 spiro atoms. The molecule has 4 heterocycles. The maximum absolute atomic E-state index is 15.4. The van der Waals surface area contributed by atoms with Crippen molar-refractivity contribution in [2.75, 3.05) is 7.05 Å². The summed E-state index contributed by atoms with van der Waals surface area (Å²) >= 11 is 0. The number of fused-ring (bicyclic) bond motifs is 2. The summed E-state index contributed by atoms with van der Waals surface area (Å²) in [5.74, 6) is 0.411. The summed E-state index contributed by atoms with van der Waals surface area (Å²) in [6.45, 7) is 4.11. The van der Waals surface area contributed by atoms with E-state index < -0.39 is 23.5 Å². The first-order valence-electron chi connectivity index (χ1n) is 11.2. The molecule has 0 amide bonds. The number of nitrogens with zero attached hydrogens (tertiary/aromatic N) is 6. The Kier molecular flexibility index (Phi) is 5.16. The maximum Gasteiger partial charge on any atom is 0.350 e. The highest BCUT2D eigenvalue weighted by molar-refractivity contribution is 5.71. The van der Waals surface area contributed by atoms with Gasteiger partial charge in [-0.25, -0.2) is 14.2 Å². The number of piperidine rings is 1. The second-order valence-electron chi connectivity index (χ2n) is 9.74. The predicted molar refractivity (Wildman–Crippen MR) is 123 cm³/mol. The van der Waals surface area contributed by atoms with Gasteiger partial charge in [0, 0.05) is 36.2 Å². The van der Waals surface area contributed by atoms with Gasteiger partial charge in [-0.2, -0.15) is 4.98 Å². The Balaban J connectivity index is 1.34. The van der Waals surface area contributed by atoms with Crippen molar-refractivity contribution in [3.63, 3.8) is 0 Å². The van der Waals surface area contributed by atoms with Crippen LogP contribution in [-0.2, 0) is 7.05 Å². The first kappa shape index (κ1) is 22.4. The summed E-state index contributed by atoms with van der Waals surface area (Å²) in [6, 6.07) is 8.13. The van der Waals surface area contributed by atoms with E-state index in [-0.39, 0.29) is 23.0 Å². The van der Waals surface area contributed by atoms with E-state index in [9.17, 15) is 9.90 Å². The minimum atomic E-state index is -1.14. The van der Waals surface area contributed by atoms with Crippen LogP contribution in [0, 0.1) is 0 Å². The van der Waals surface area contributed by atoms with Gasteiger partial charge in [0.15, 0.2) is 12.0 Å². The largest absolute Gasteiger partial charge is 0.507 e. The van der Waals surface area contributed by atoms with Crippen LogP contribution in [-0.4, -0.2) is 65.1 Å². The second kappa shape index (κ2) is 7.83. The number of aromatic hydroxyl groups is 1. The molecule has 178 valence electrons. The molecule has 34 heavy (non-hydrogen) atoms. The molecule has 4 atom stereocenters. The number of ether oxygens (including phenoxy) is 1. The minimum absolute atomic E-state index is 0.0543. The van der Waals surface area contributed by atoms with Crippen molar-refractivity contribution in [2.45, 2.75) is 56.5 Å². The van der Waals surface area contributed by atoms with Crippen molar-refractivity contribution in [2.24, 2.45) is 7.05 Å². The molecule has 2 aliphatic rings. The first-order valence-corrected chi connectivity index (χ1v) is 11.2. The molecule has 2 saturated heterocycles. The van der Waals surface area contributed by atoms with Gasteiger partial charge in [-0.1, -0.05) is 6.07 Å². The van der Waals surface area contributed by atoms with E-state index in [1.807, 2.05) is 14.0 Å². The fraction of sp³-hybridized carbons (Fsp3) is 0.458. The zero-order valence-electron chi connectivity index (χ0n) is 19.6. The van der Waals surface area contributed by atoms with Crippen LogP contribution in [0.1, 0.15) is 33.1 Å². The molecule has 2 bridgehead atoms. The zero-order valence-corrected chi connectivity index (χ0v) is 19.6. The van der Waals surface area contributed by atoms with Crippen LogP contribution >= 0.6 is 0 Å². The fourth-order valence-corrected chi connectivity index (χ4v) is 5.17. The molecule has 1 N–H and O–H groups in total. The van der Waals surface area contributed by atoms with Crippen molar-refractivity contribution < 1.29 is 14.2 Å². The lowest BCUT2D eigenvalue weighted by atomic mass is 9.82. The molecular weight excluding hydrogens is 439 g/mol. The monoisotopic (exact) mass is 466 g/mol. The van der Waals surface area contributed by atoms with Gasteiger partial charge >= 0.3 is 5.69 Å². The second-order valence-corrected chi connectivity index (χ2v) is 9.74. The van der Waals surface area contributed by atoms with Gasteiger partial charge in [0.2, 0.25) is 5.88 Å². The average molecular weight is 467 g/mol. The SMILES string of the molecule is CN1[C@]2(C)CC[C@@]1(C)[C@H](F)[C@H](Oc1ccc(-c3ccc(-c4ncn(C)c(=O)n4)cc3O)nn1)C2. The summed E-state index contributed by atoms with van der Waals surface area (Å²) in [7, 11) is 3.55. The van der Waals surface area contributed by atoms with Crippen molar-refractivity contribution in [1.29, 1.82) is 0 Å². The molecule has 2 fully saturated rings. The lowest BCUT2D eigenvalue weighted by Gasteiger charge is -2.50. The zero-order chi connectivity index (χ0) is 24.3. The average Bonchev–Trinajstić information content (AvgIpc) is 2.99. The number of alkyl halides is 1. The number of hydrogen-bond acceptors (Lipinski definition) is 8.